The van der Waals surface area contributed by atoms with Gasteiger partial charge in [0.25, 0.3) is 0 Å². The molecule has 0 spiro atoms. The smallest absolute Gasteiger partial charge is 0.179 e. The molecule has 0 radical (unpaired) electrons. The molecule has 2 aromatic rings. The highest BCUT2D eigenvalue weighted by Crippen LogP contribution is 2.43. The third kappa shape index (κ3) is 1.79. The van der Waals surface area contributed by atoms with E-state index >= 15 is 0 Å². The summed E-state index contributed by atoms with van der Waals surface area (Å²) in [5, 5.41) is 14.6. The lowest BCUT2D eigenvalue weighted by Crippen LogP contribution is -2.37. The molecule has 3 heterocycles. The Balaban J connectivity index is 1.95. The van der Waals surface area contributed by atoms with Crippen LogP contribution >= 0.6 is 0 Å². The van der Waals surface area contributed by atoms with E-state index in [-0.39, 0.29) is 11.7 Å². The largest absolute Gasteiger partial charge is 0.330 e. The van der Waals surface area contributed by atoms with Gasteiger partial charge in [-0.1, -0.05) is 18.2 Å². The normalized spacial score (nSPS) is 21.2. The maximum atomic E-state index is 14.3. The van der Waals surface area contributed by atoms with Crippen LogP contribution < -0.4 is 10.2 Å². The number of anilines is 1. The zero-order valence-corrected chi connectivity index (χ0v) is 11.7. The Morgan fingerprint density at radius 1 is 1.29 bits per heavy atom. The van der Waals surface area contributed by atoms with Gasteiger partial charge in [0.1, 0.15) is 11.5 Å². The highest BCUT2D eigenvalue weighted by atomic mass is 19.1. The minimum absolute atomic E-state index is 0.168. The fraction of sp³-hybridized carbons (Fsp3) is 0.333. The van der Waals surface area contributed by atoms with Gasteiger partial charge in [0.2, 0.25) is 0 Å². The summed E-state index contributed by atoms with van der Waals surface area (Å²) < 4.78 is 14.3. The van der Waals surface area contributed by atoms with Gasteiger partial charge in [-0.05, 0) is 11.6 Å². The van der Waals surface area contributed by atoms with Crippen molar-refractivity contribution < 1.29 is 4.39 Å². The number of benzene rings is 1. The molecule has 0 fully saturated rings. The number of aromatic amines is 1. The Kier molecular flexibility index (Phi) is 2.78. The van der Waals surface area contributed by atoms with Gasteiger partial charge in [0.05, 0.1) is 5.92 Å². The van der Waals surface area contributed by atoms with Crippen LogP contribution in [0.4, 0.5) is 10.2 Å². The first-order chi connectivity index (χ1) is 10.3. The van der Waals surface area contributed by atoms with Crippen molar-refractivity contribution in [2.24, 2.45) is 0 Å². The van der Waals surface area contributed by atoms with Gasteiger partial charge in [0.15, 0.2) is 5.82 Å². The number of halogens is 1. The van der Waals surface area contributed by atoms with Crippen molar-refractivity contribution >= 4 is 5.82 Å². The molecule has 4 rings (SSSR count). The molecule has 2 aliphatic rings. The molecule has 108 valence electrons. The van der Waals surface area contributed by atoms with Crippen molar-refractivity contribution in [3.8, 4) is 0 Å². The second kappa shape index (κ2) is 4.66. The van der Waals surface area contributed by atoms with Crippen molar-refractivity contribution in [1.82, 2.24) is 20.7 Å². The predicted octanol–water partition coefficient (Wildman–Crippen LogP) is 1.77. The first-order valence-electron chi connectivity index (χ1n) is 7.09. The fourth-order valence-corrected chi connectivity index (χ4v) is 3.36. The number of fused-ring (bicyclic) bond motifs is 1. The molecule has 0 bridgehead atoms. The van der Waals surface area contributed by atoms with Crippen LogP contribution in [0.25, 0.3) is 0 Å². The molecule has 1 aromatic heterocycles. The van der Waals surface area contributed by atoms with E-state index < -0.39 is 0 Å². The van der Waals surface area contributed by atoms with E-state index in [2.05, 4.69) is 25.6 Å². The summed E-state index contributed by atoms with van der Waals surface area (Å²) in [4.78, 5) is 2.08. The summed E-state index contributed by atoms with van der Waals surface area (Å²) in [5.74, 6) is 0.432. The van der Waals surface area contributed by atoms with Crippen LogP contribution in [0.15, 0.2) is 35.5 Å². The highest BCUT2D eigenvalue weighted by Gasteiger charge is 2.37. The quantitative estimate of drug-likeness (QED) is 0.838. The molecule has 2 N–H and O–H groups in total. The van der Waals surface area contributed by atoms with Gasteiger partial charge in [-0.15, -0.1) is 5.10 Å². The molecule has 0 saturated heterocycles. The van der Waals surface area contributed by atoms with Crippen molar-refractivity contribution in [2.75, 3.05) is 25.0 Å². The molecule has 2 aliphatic heterocycles. The topological polar surface area (TPSA) is 56.8 Å². The summed E-state index contributed by atoms with van der Waals surface area (Å²) >= 11 is 0. The van der Waals surface area contributed by atoms with Gasteiger partial charge in [-0.25, -0.2) is 4.39 Å². The second-order valence-electron chi connectivity index (χ2n) is 5.44. The van der Waals surface area contributed by atoms with E-state index in [0.717, 1.165) is 31.0 Å². The number of nitrogens with one attached hydrogen (secondary N) is 2. The second-order valence-corrected chi connectivity index (χ2v) is 5.44. The number of nitrogens with zero attached hydrogens (tertiary/aromatic N) is 3. The zero-order valence-electron chi connectivity index (χ0n) is 11.7. The Morgan fingerprint density at radius 3 is 3.00 bits per heavy atom. The number of H-pyrrole nitrogens is 1. The SMILES string of the molecule is CN1C2=C(CNCC2)C(c2ccccc2F)c2n[nH]nc21. The molecular weight excluding hydrogens is 269 g/mol. The van der Waals surface area contributed by atoms with Crippen LogP contribution in [0.3, 0.4) is 0 Å². The number of aromatic nitrogens is 3. The maximum absolute atomic E-state index is 14.3. The van der Waals surface area contributed by atoms with Crippen molar-refractivity contribution in [2.45, 2.75) is 12.3 Å². The monoisotopic (exact) mass is 285 g/mol. The van der Waals surface area contributed by atoms with E-state index in [1.165, 1.54) is 17.3 Å². The summed E-state index contributed by atoms with van der Waals surface area (Å²) in [6.45, 7) is 1.69. The molecule has 0 amide bonds. The maximum Gasteiger partial charge on any atom is 0.179 e. The molecule has 1 atom stereocenters. The lowest BCUT2D eigenvalue weighted by atomic mass is 9.82. The van der Waals surface area contributed by atoms with Gasteiger partial charge in [-0.2, -0.15) is 10.3 Å². The number of hydrogen-bond donors (Lipinski definition) is 2. The molecular formula is C15H16FN5. The van der Waals surface area contributed by atoms with E-state index in [9.17, 15) is 4.39 Å². The van der Waals surface area contributed by atoms with Crippen LogP contribution in [0, 0.1) is 5.82 Å². The minimum atomic E-state index is -0.196. The third-order valence-corrected chi connectivity index (χ3v) is 4.34. The summed E-state index contributed by atoms with van der Waals surface area (Å²) in [6, 6.07) is 6.92. The lowest BCUT2D eigenvalue weighted by molar-refractivity contribution is 0.579. The average Bonchev–Trinajstić information content (AvgIpc) is 2.99. The van der Waals surface area contributed by atoms with Crippen molar-refractivity contribution in [3.63, 3.8) is 0 Å². The first-order valence-corrected chi connectivity index (χ1v) is 7.09. The predicted molar refractivity (Wildman–Crippen MR) is 77.5 cm³/mol. The van der Waals surface area contributed by atoms with E-state index in [4.69, 9.17) is 0 Å². The van der Waals surface area contributed by atoms with E-state index in [1.54, 1.807) is 6.07 Å². The number of rotatable bonds is 1. The van der Waals surface area contributed by atoms with Crippen molar-refractivity contribution in [1.29, 1.82) is 0 Å². The summed E-state index contributed by atoms with van der Waals surface area (Å²) in [6.07, 6.45) is 0.920. The molecule has 6 heteroatoms. The van der Waals surface area contributed by atoms with E-state index in [0.29, 0.717) is 5.56 Å². The summed E-state index contributed by atoms with van der Waals surface area (Å²) in [7, 11) is 2.00. The Labute approximate surface area is 121 Å². The standard InChI is InChI=1S/C15H16FN5/c1-21-12-6-7-17-8-10(12)13(14-15(21)19-20-18-14)9-4-2-3-5-11(9)16/h2-5,13,17H,6-8H2,1H3,(H,18,19,20). The van der Waals surface area contributed by atoms with Gasteiger partial charge in [0, 0.05) is 37.8 Å². The molecule has 1 unspecified atom stereocenters. The van der Waals surface area contributed by atoms with Gasteiger partial charge in [-0.3, -0.25) is 0 Å². The van der Waals surface area contributed by atoms with Crippen molar-refractivity contribution in [3.05, 3.63) is 52.6 Å². The van der Waals surface area contributed by atoms with Crippen LogP contribution in [-0.4, -0.2) is 35.5 Å². The third-order valence-electron chi connectivity index (χ3n) is 4.34. The minimum Gasteiger partial charge on any atom is -0.330 e. The van der Waals surface area contributed by atoms with Crippen LogP contribution in [-0.2, 0) is 0 Å². The zero-order chi connectivity index (χ0) is 14.4. The Morgan fingerprint density at radius 2 is 2.14 bits per heavy atom. The molecule has 21 heavy (non-hydrogen) atoms. The lowest BCUT2D eigenvalue weighted by Gasteiger charge is -2.36. The van der Waals surface area contributed by atoms with Gasteiger partial charge < -0.3 is 10.2 Å². The highest BCUT2D eigenvalue weighted by molar-refractivity contribution is 5.61. The Hall–Kier alpha value is -2.21. The Bertz CT molecular complexity index is 720. The van der Waals surface area contributed by atoms with Crippen LogP contribution in [0.5, 0.6) is 0 Å². The molecule has 0 aliphatic carbocycles. The van der Waals surface area contributed by atoms with E-state index in [1.807, 2.05) is 19.2 Å². The van der Waals surface area contributed by atoms with Crippen LogP contribution in [0.2, 0.25) is 0 Å². The molecule has 1 aromatic carbocycles. The summed E-state index contributed by atoms with van der Waals surface area (Å²) in [5.41, 5.74) is 3.88. The first kappa shape index (κ1) is 12.5. The molecule has 5 nitrogen and oxygen atoms in total. The number of hydrogen-bond acceptors (Lipinski definition) is 4. The fourth-order valence-electron chi connectivity index (χ4n) is 3.36. The molecule has 0 saturated carbocycles. The average molecular weight is 285 g/mol. The van der Waals surface area contributed by atoms with Crippen LogP contribution in [0.1, 0.15) is 23.6 Å². The van der Waals surface area contributed by atoms with Gasteiger partial charge >= 0.3 is 0 Å².